The Labute approximate surface area is 121 Å². The number of thiophene rings is 1. The van der Waals surface area contributed by atoms with Crippen LogP contribution < -0.4 is 10.2 Å². The first-order chi connectivity index (χ1) is 9.65. The van der Waals surface area contributed by atoms with Gasteiger partial charge >= 0.3 is 0 Å². The molecule has 2 amide bonds. The number of hydrogen-bond donors (Lipinski definition) is 1. The highest BCUT2D eigenvalue weighted by molar-refractivity contribution is 7.12. The number of fused-ring (bicyclic) bond motifs is 1. The molecule has 2 aromatic rings. The lowest BCUT2D eigenvalue weighted by molar-refractivity contribution is -0.116. The zero-order valence-corrected chi connectivity index (χ0v) is 11.9. The number of anilines is 2. The molecule has 1 aromatic heterocycles. The molecule has 1 N–H and O–H groups in total. The normalized spacial score (nSPS) is 13.2. The Balaban J connectivity index is 1.80. The van der Waals surface area contributed by atoms with Crippen molar-refractivity contribution < 1.29 is 9.59 Å². The predicted octanol–water partition coefficient (Wildman–Crippen LogP) is 2.91. The van der Waals surface area contributed by atoms with E-state index in [1.807, 2.05) is 29.6 Å². The molecular formula is C15H14N2O2S. The Kier molecular flexibility index (Phi) is 3.28. The quantitative estimate of drug-likeness (QED) is 0.922. The van der Waals surface area contributed by atoms with Gasteiger partial charge in [-0.05, 0) is 41.6 Å². The minimum atomic E-state index is -0.0960. The smallest absolute Gasteiger partial charge is 0.265 e. The second-order valence-corrected chi connectivity index (χ2v) is 5.64. The molecule has 1 aliphatic rings. The average Bonchev–Trinajstić information content (AvgIpc) is 3.07. The molecule has 5 heteroatoms. The van der Waals surface area contributed by atoms with Gasteiger partial charge in [0.15, 0.2) is 0 Å². The summed E-state index contributed by atoms with van der Waals surface area (Å²) < 4.78 is 0. The van der Waals surface area contributed by atoms with E-state index >= 15 is 0 Å². The van der Waals surface area contributed by atoms with Gasteiger partial charge in [-0.2, -0.15) is 0 Å². The molecule has 0 radical (unpaired) electrons. The van der Waals surface area contributed by atoms with E-state index in [4.69, 9.17) is 0 Å². The monoisotopic (exact) mass is 286 g/mol. The van der Waals surface area contributed by atoms with Crippen LogP contribution in [-0.4, -0.2) is 18.4 Å². The Bertz CT molecular complexity index is 665. The summed E-state index contributed by atoms with van der Waals surface area (Å²) in [6.07, 6.45) is 0.831. The van der Waals surface area contributed by atoms with E-state index in [9.17, 15) is 9.59 Å². The van der Waals surface area contributed by atoms with Gasteiger partial charge in [-0.15, -0.1) is 11.3 Å². The fraction of sp³-hybridized carbons (Fsp3) is 0.200. The first-order valence-corrected chi connectivity index (χ1v) is 7.29. The third-order valence-corrected chi connectivity index (χ3v) is 4.23. The summed E-state index contributed by atoms with van der Waals surface area (Å²) >= 11 is 1.42. The van der Waals surface area contributed by atoms with Crippen molar-refractivity contribution in [3.05, 3.63) is 46.2 Å². The van der Waals surface area contributed by atoms with Crippen LogP contribution in [0.5, 0.6) is 0 Å². The number of nitrogens with zero attached hydrogens (tertiary/aromatic N) is 1. The van der Waals surface area contributed by atoms with Crippen molar-refractivity contribution >= 4 is 34.5 Å². The maximum atomic E-state index is 12.0. The third kappa shape index (κ3) is 2.32. The molecule has 0 bridgehead atoms. The minimum absolute atomic E-state index is 0.0547. The molecular weight excluding hydrogens is 272 g/mol. The van der Waals surface area contributed by atoms with Crippen molar-refractivity contribution in [3.63, 3.8) is 0 Å². The third-order valence-electron chi connectivity index (χ3n) is 3.36. The molecule has 0 saturated heterocycles. The van der Waals surface area contributed by atoms with Crippen molar-refractivity contribution in [2.45, 2.75) is 13.3 Å². The van der Waals surface area contributed by atoms with Crippen LogP contribution in [0, 0.1) is 0 Å². The Morgan fingerprint density at radius 1 is 1.30 bits per heavy atom. The Morgan fingerprint density at radius 2 is 2.15 bits per heavy atom. The summed E-state index contributed by atoms with van der Waals surface area (Å²) in [5.41, 5.74) is 2.82. The number of rotatable bonds is 2. The van der Waals surface area contributed by atoms with Crippen molar-refractivity contribution in [1.29, 1.82) is 0 Å². The highest BCUT2D eigenvalue weighted by atomic mass is 32.1. The van der Waals surface area contributed by atoms with Gasteiger partial charge in [0.2, 0.25) is 5.91 Å². The van der Waals surface area contributed by atoms with Gasteiger partial charge in [0.1, 0.15) is 0 Å². The van der Waals surface area contributed by atoms with E-state index in [1.165, 1.54) is 11.3 Å². The molecule has 0 unspecified atom stereocenters. The molecule has 1 aliphatic heterocycles. The van der Waals surface area contributed by atoms with E-state index in [-0.39, 0.29) is 11.8 Å². The van der Waals surface area contributed by atoms with Crippen molar-refractivity contribution in [3.8, 4) is 0 Å². The topological polar surface area (TPSA) is 49.4 Å². The van der Waals surface area contributed by atoms with Crippen molar-refractivity contribution in [1.82, 2.24) is 0 Å². The second-order valence-electron chi connectivity index (χ2n) is 4.70. The Morgan fingerprint density at radius 3 is 2.85 bits per heavy atom. The molecule has 0 aliphatic carbocycles. The van der Waals surface area contributed by atoms with Gasteiger partial charge in [0, 0.05) is 24.8 Å². The van der Waals surface area contributed by atoms with Gasteiger partial charge in [-0.3, -0.25) is 9.59 Å². The van der Waals surface area contributed by atoms with Crippen LogP contribution in [0.2, 0.25) is 0 Å². The number of carbonyl (C=O) groups excluding carboxylic acids is 2. The summed E-state index contributed by atoms with van der Waals surface area (Å²) in [6, 6.07) is 9.33. The second kappa shape index (κ2) is 5.09. The number of benzene rings is 1. The number of amides is 2. The average molecular weight is 286 g/mol. The predicted molar refractivity (Wildman–Crippen MR) is 80.4 cm³/mol. The largest absolute Gasteiger partial charge is 0.321 e. The number of hydrogen-bond acceptors (Lipinski definition) is 3. The van der Waals surface area contributed by atoms with Gasteiger partial charge in [0.05, 0.1) is 4.88 Å². The number of nitrogens with one attached hydrogen (secondary N) is 1. The molecule has 3 rings (SSSR count). The lowest BCUT2D eigenvalue weighted by Gasteiger charge is -2.15. The van der Waals surface area contributed by atoms with E-state index in [0.717, 1.165) is 23.4 Å². The lowest BCUT2D eigenvalue weighted by Crippen LogP contribution is -2.25. The highest BCUT2D eigenvalue weighted by Gasteiger charge is 2.22. The molecule has 0 spiro atoms. The zero-order chi connectivity index (χ0) is 14.1. The summed E-state index contributed by atoms with van der Waals surface area (Å²) in [4.78, 5) is 25.9. The van der Waals surface area contributed by atoms with Crippen LogP contribution in [0.15, 0.2) is 35.7 Å². The first kappa shape index (κ1) is 12.9. The van der Waals surface area contributed by atoms with Crippen LogP contribution in [0.1, 0.15) is 22.2 Å². The van der Waals surface area contributed by atoms with Gasteiger partial charge < -0.3 is 10.2 Å². The van der Waals surface area contributed by atoms with Crippen molar-refractivity contribution in [2.75, 3.05) is 16.8 Å². The molecule has 0 fully saturated rings. The fourth-order valence-corrected chi connectivity index (χ4v) is 3.03. The lowest BCUT2D eigenvalue weighted by atomic mass is 10.1. The molecule has 102 valence electrons. The van der Waals surface area contributed by atoms with E-state index in [1.54, 1.807) is 17.9 Å². The van der Waals surface area contributed by atoms with Crippen LogP contribution in [0.4, 0.5) is 11.4 Å². The molecule has 20 heavy (non-hydrogen) atoms. The van der Waals surface area contributed by atoms with Crippen LogP contribution in [0.3, 0.4) is 0 Å². The van der Waals surface area contributed by atoms with Crippen LogP contribution in [-0.2, 0) is 11.2 Å². The van der Waals surface area contributed by atoms with E-state index in [0.29, 0.717) is 11.4 Å². The standard InChI is InChI=1S/C15H14N2O2S/c1-10(18)17-7-6-11-9-12(4-5-13(11)17)16-15(19)14-3-2-8-20-14/h2-5,8-9H,6-7H2,1H3,(H,16,19). The van der Waals surface area contributed by atoms with Crippen LogP contribution >= 0.6 is 11.3 Å². The molecule has 4 nitrogen and oxygen atoms in total. The number of carbonyl (C=O) groups is 2. The highest BCUT2D eigenvalue weighted by Crippen LogP contribution is 2.30. The summed E-state index contributed by atoms with van der Waals surface area (Å²) in [5.74, 6) is -0.0412. The Hall–Kier alpha value is -2.14. The van der Waals surface area contributed by atoms with Gasteiger partial charge in [-0.25, -0.2) is 0 Å². The SMILES string of the molecule is CC(=O)N1CCc2cc(NC(=O)c3cccs3)ccc21. The molecule has 1 aromatic carbocycles. The summed E-state index contributed by atoms with van der Waals surface area (Å²) in [6.45, 7) is 2.29. The van der Waals surface area contributed by atoms with E-state index < -0.39 is 0 Å². The van der Waals surface area contributed by atoms with Gasteiger partial charge in [0.25, 0.3) is 5.91 Å². The molecule has 0 saturated carbocycles. The zero-order valence-electron chi connectivity index (χ0n) is 11.1. The first-order valence-electron chi connectivity index (χ1n) is 6.41. The van der Waals surface area contributed by atoms with E-state index in [2.05, 4.69) is 5.32 Å². The minimum Gasteiger partial charge on any atom is -0.321 e. The molecule has 2 heterocycles. The van der Waals surface area contributed by atoms with Crippen molar-refractivity contribution in [2.24, 2.45) is 0 Å². The molecule has 0 atom stereocenters. The van der Waals surface area contributed by atoms with Gasteiger partial charge in [-0.1, -0.05) is 6.07 Å². The fourth-order valence-electron chi connectivity index (χ4n) is 2.41. The maximum Gasteiger partial charge on any atom is 0.265 e. The summed E-state index contributed by atoms with van der Waals surface area (Å²) in [5, 5.41) is 4.76. The maximum absolute atomic E-state index is 12.0. The summed E-state index contributed by atoms with van der Waals surface area (Å²) in [7, 11) is 0. The van der Waals surface area contributed by atoms with Crippen LogP contribution in [0.25, 0.3) is 0 Å².